The van der Waals surface area contributed by atoms with Crippen molar-refractivity contribution in [3.8, 4) is 0 Å². The maximum absolute atomic E-state index is 12.4. The van der Waals surface area contributed by atoms with Gasteiger partial charge in [0, 0.05) is 27.7 Å². The molecule has 33 heavy (non-hydrogen) atoms. The van der Waals surface area contributed by atoms with E-state index in [4.69, 9.17) is 28.4 Å². The van der Waals surface area contributed by atoms with E-state index in [1.165, 1.54) is 0 Å². The van der Waals surface area contributed by atoms with Gasteiger partial charge in [0.25, 0.3) is 0 Å². The molecular formula is C21H31NO11. The molecule has 0 saturated carbocycles. The highest BCUT2D eigenvalue weighted by Crippen LogP contribution is 2.28. The molecule has 0 aliphatic carbocycles. The summed E-state index contributed by atoms with van der Waals surface area (Å²) in [6, 6.07) is -1.29. The highest BCUT2D eigenvalue weighted by atomic mass is 16.7. The van der Waals surface area contributed by atoms with Gasteiger partial charge < -0.3 is 33.7 Å². The van der Waals surface area contributed by atoms with Crippen LogP contribution in [-0.2, 0) is 47.6 Å². The molecule has 1 rings (SSSR count). The third-order valence-corrected chi connectivity index (χ3v) is 4.30. The van der Waals surface area contributed by atoms with Crippen LogP contribution in [0.3, 0.4) is 0 Å². The lowest BCUT2D eigenvalue weighted by Crippen LogP contribution is -2.67. The molecule has 12 heteroatoms. The number of alkyl carbamates (subject to hydrolysis) is 1. The van der Waals surface area contributed by atoms with E-state index in [1.54, 1.807) is 6.08 Å². The van der Waals surface area contributed by atoms with Crippen LogP contribution >= 0.6 is 0 Å². The summed E-state index contributed by atoms with van der Waals surface area (Å²) >= 11 is 0. The third-order valence-electron chi connectivity index (χ3n) is 4.30. The van der Waals surface area contributed by atoms with Crippen molar-refractivity contribution in [1.29, 1.82) is 0 Å². The number of carbonyl (C=O) groups is 5. The van der Waals surface area contributed by atoms with E-state index in [1.807, 2.05) is 0 Å². The van der Waals surface area contributed by atoms with Crippen molar-refractivity contribution in [2.24, 2.45) is 0 Å². The van der Waals surface area contributed by atoms with Gasteiger partial charge >= 0.3 is 30.0 Å². The van der Waals surface area contributed by atoms with Crippen LogP contribution in [0.25, 0.3) is 0 Å². The molecule has 0 aromatic rings. The van der Waals surface area contributed by atoms with Crippen LogP contribution < -0.4 is 5.32 Å². The first kappa shape index (κ1) is 27.9. The molecule has 0 spiro atoms. The van der Waals surface area contributed by atoms with Crippen molar-refractivity contribution in [2.45, 2.75) is 77.6 Å². The Balaban J connectivity index is 3.15. The van der Waals surface area contributed by atoms with E-state index < -0.39 is 67.2 Å². The van der Waals surface area contributed by atoms with Crippen molar-refractivity contribution in [1.82, 2.24) is 5.32 Å². The van der Waals surface area contributed by atoms with Gasteiger partial charge in [0.15, 0.2) is 12.2 Å². The summed E-state index contributed by atoms with van der Waals surface area (Å²) in [6.07, 6.45) is -2.31. The average molecular weight is 473 g/mol. The largest absolute Gasteiger partial charge is 0.463 e. The third kappa shape index (κ3) is 10.3. The Kier molecular flexibility index (Phi) is 11.9. The molecule has 1 saturated heterocycles. The van der Waals surface area contributed by atoms with Crippen LogP contribution in [0.1, 0.15) is 47.0 Å². The van der Waals surface area contributed by atoms with Crippen molar-refractivity contribution in [2.75, 3.05) is 13.2 Å². The predicted octanol–water partition coefficient (Wildman–Crippen LogP) is 1.15. The molecular weight excluding hydrogens is 442 g/mol. The summed E-state index contributed by atoms with van der Waals surface area (Å²) < 4.78 is 31.5. The molecule has 1 heterocycles. The van der Waals surface area contributed by atoms with E-state index in [2.05, 4.69) is 11.9 Å². The summed E-state index contributed by atoms with van der Waals surface area (Å²) in [6.45, 7) is 7.81. The molecule has 1 aliphatic rings. The molecule has 1 aliphatic heterocycles. The number of hydrogen-bond donors (Lipinski definition) is 1. The van der Waals surface area contributed by atoms with Crippen LogP contribution in [-0.4, -0.2) is 73.8 Å². The van der Waals surface area contributed by atoms with Gasteiger partial charge in [-0.05, 0) is 19.3 Å². The van der Waals surface area contributed by atoms with Gasteiger partial charge in [0.2, 0.25) is 6.29 Å². The summed E-state index contributed by atoms with van der Waals surface area (Å²) in [7, 11) is 0. The normalized spacial score (nSPS) is 24.1. The number of unbranched alkanes of at least 4 members (excludes halogenated alkanes) is 2. The average Bonchev–Trinajstić information content (AvgIpc) is 2.69. The van der Waals surface area contributed by atoms with Gasteiger partial charge in [-0.2, -0.15) is 0 Å². The SMILES string of the molecule is C=CCCCCOC(=O)N[C@@H]1C(OC(C)=O)O[C@H](COC(C)=O)[C@@H](OC(C)=O)[C@@H]1OC(C)=O. The molecule has 12 nitrogen and oxygen atoms in total. The van der Waals surface area contributed by atoms with Gasteiger partial charge in [0.1, 0.15) is 18.8 Å². The molecule has 0 aromatic carbocycles. The van der Waals surface area contributed by atoms with E-state index >= 15 is 0 Å². The topological polar surface area (TPSA) is 153 Å². The summed E-state index contributed by atoms with van der Waals surface area (Å²) in [4.78, 5) is 58.8. The van der Waals surface area contributed by atoms with Gasteiger partial charge in [-0.15, -0.1) is 6.58 Å². The zero-order valence-electron chi connectivity index (χ0n) is 19.2. The lowest BCUT2D eigenvalue weighted by Gasteiger charge is -2.44. The lowest BCUT2D eigenvalue weighted by molar-refractivity contribution is -0.270. The Morgan fingerprint density at radius 3 is 2.00 bits per heavy atom. The fourth-order valence-corrected chi connectivity index (χ4v) is 3.05. The number of rotatable bonds is 11. The van der Waals surface area contributed by atoms with E-state index in [0.29, 0.717) is 6.42 Å². The minimum atomic E-state index is -1.47. The van der Waals surface area contributed by atoms with Crippen LogP contribution in [0, 0.1) is 0 Å². The van der Waals surface area contributed by atoms with Crippen molar-refractivity contribution in [3.63, 3.8) is 0 Å². The number of ether oxygens (including phenoxy) is 6. The van der Waals surface area contributed by atoms with Gasteiger partial charge in [0.05, 0.1) is 6.61 Å². The number of esters is 4. The number of carbonyl (C=O) groups excluding carboxylic acids is 5. The fourth-order valence-electron chi connectivity index (χ4n) is 3.05. The molecule has 186 valence electrons. The maximum Gasteiger partial charge on any atom is 0.407 e. The molecule has 1 N–H and O–H groups in total. The summed E-state index contributed by atoms with van der Waals surface area (Å²) in [5.41, 5.74) is 0. The van der Waals surface area contributed by atoms with Crippen LogP contribution in [0.5, 0.6) is 0 Å². The highest BCUT2D eigenvalue weighted by Gasteiger charge is 2.52. The van der Waals surface area contributed by atoms with Crippen molar-refractivity contribution >= 4 is 30.0 Å². The Hall–Kier alpha value is -3.15. The van der Waals surface area contributed by atoms with Gasteiger partial charge in [-0.1, -0.05) is 6.08 Å². The minimum Gasteiger partial charge on any atom is -0.463 e. The van der Waals surface area contributed by atoms with Crippen molar-refractivity contribution in [3.05, 3.63) is 12.7 Å². The van der Waals surface area contributed by atoms with Crippen molar-refractivity contribution < 1.29 is 52.4 Å². The number of amides is 1. The minimum absolute atomic E-state index is 0.103. The quantitative estimate of drug-likeness (QED) is 0.199. The fraction of sp³-hybridized carbons (Fsp3) is 0.667. The van der Waals surface area contributed by atoms with Crippen LogP contribution in [0.2, 0.25) is 0 Å². The summed E-state index contributed by atoms with van der Waals surface area (Å²) in [5.74, 6) is -2.92. The lowest BCUT2D eigenvalue weighted by atomic mass is 9.96. The molecule has 1 fully saturated rings. The Morgan fingerprint density at radius 1 is 0.848 bits per heavy atom. The first-order valence-electron chi connectivity index (χ1n) is 10.4. The molecule has 5 atom stereocenters. The van der Waals surface area contributed by atoms with Gasteiger partial charge in [-0.3, -0.25) is 19.2 Å². The predicted molar refractivity (Wildman–Crippen MR) is 110 cm³/mol. The zero-order valence-corrected chi connectivity index (χ0v) is 19.2. The van der Waals surface area contributed by atoms with Gasteiger partial charge in [-0.25, -0.2) is 4.79 Å². The first-order valence-corrected chi connectivity index (χ1v) is 10.4. The molecule has 1 unspecified atom stereocenters. The van der Waals surface area contributed by atoms with Crippen LogP contribution in [0.4, 0.5) is 4.79 Å². The Labute approximate surface area is 191 Å². The van der Waals surface area contributed by atoms with E-state index in [-0.39, 0.29) is 6.61 Å². The molecule has 0 aromatic heterocycles. The molecule has 1 amide bonds. The highest BCUT2D eigenvalue weighted by molar-refractivity contribution is 5.70. The number of allylic oxidation sites excluding steroid dienone is 1. The standard InChI is InChI=1S/C21H31NO11/c1-6-7-8-9-10-28-21(27)22-17-19(31-14(4)25)18(30-13(3)24)16(11-29-12(2)23)33-20(17)32-15(5)26/h6,16-20H,1,7-11H2,2-5H3,(H,22,27)/t16-,17+,18-,19-,20?/m1/s1. The van der Waals surface area contributed by atoms with E-state index in [0.717, 1.165) is 40.5 Å². The number of hydrogen-bond acceptors (Lipinski definition) is 11. The smallest absolute Gasteiger partial charge is 0.407 e. The monoisotopic (exact) mass is 473 g/mol. The summed E-state index contributed by atoms with van der Waals surface area (Å²) in [5, 5.41) is 2.45. The second-order valence-corrected chi connectivity index (χ2v) is 7.19. The zero-order chi connectivity index (χ0) is 25.0. The Morgan fingerprint density at radius 2 is 1.45 bits per heavy atom. The number of nitrogens with one attached hydrogen (secondary N) is 1. The molecule has 0 radical (unpaired) electrons. The van der Waals surface area contributed by atoms with Crippen LogP contribution in [0.15, 0.2) is 12.7 Å². The van der Waals surface area contributed by atoms with E-state index in [9.17, 15) is 24.0 Å². The Bertz CT molecular complexity index is 723. The molecule has 0 bridgehead atoms. The second-order valence-electron chi connectivity index (χ2n) is 7.19. The maximum atomic E-state index is 12.4. The second kappa shape index (κ2) is 14.1. The first-order chi connectivity index (χ1) is 15.5.